The maximum atomic E-state index is 11.5. The zero-order valence-corrected chi connectivity index (χ0v) is 8.57. The fraction of sp³-hybridized carbons (Fsp3) is 0.400. The second-order valence-electron chi connectivity index (χ2n) is 3.86. The molecule has 0 aromatic rings. The molecular formula is C10H14N2O2. The SMILES string of the molecule is CC(C)(C)OC(=O)C1=CN=CNC=C1. The molecule has 1 aliphatic rings. The molecule has 0 radical (unpaired) electrons. The first-order chi connectivity index (χ1) is 6.49. The smallest absolute Gasteiger partial charge is 0.340 e. The first-order valence-corrected chi connectivity index (χ1v) is 4.37. The molecule has 1 aliphatic heterocycles. The van der Waals surface area contributed by atoms with Gasteiger partial charge in [0.05, 0.1) is 11.9 Å². The average Bonchev–Trinajstić information content (AvgIpc) is 2.27. The first kappa shape index (κ1) is 10.5. The molecule has 1 heterocycles. The Kier molecular flexibility index (Phi) is 3.06. The van der Waals surface area contributed by atoms with Crippen LogP contribution in [0, 0.1) is 0 Å². The monoisotopic (exact) mass is 194 g/mol. The van der Waals surface area contributed by atoms with Crippen LogP contribution in [0.4, 0.5) is 0 Å². The number of aliphatic imine (C=N–C) groups is 1. The Morgan fingerprint density at radius 1 is 1.50 bits per heavy atom. The zero-order chi connectivity index (χ0) is 10.6. The lowest BCUT2D eigenvalue weighted by molar-refractivity contribution is -0.149. The Labute approximate surface area is 83.4 Å². The second kappa shape index (κ2) is 4.09. The van der Waals surface area contributed by atoms with Crippen LogP contribution < -0.4 is 5.32 Å². The lowest BCUT2D eigenvalue weighted by atomic mass is 10.2. The molecule has 0 fully saturated rings. The Balaban J connectivity index is 2.69. The van der Waals surface area contributed by atoms with Crippen LogP contribution in [0.2, 0.25) is 0 Å². The van der Waals surface area contributed by atoms with E-state index in [1.165, 1.54) is 12.5 Å². The van der Waals surface area contributed by atoms with Crippen LogP contribution in [0.15, 0.2) is 29.0 Å². The normalized spacial score (nSPS) is 15.5. The molecule has 0 aromatic heterocycles. The highest BCUT2D eigenvalue weighted by atomic mass is 16.6. The summed E-state index contributed by atoms with van der Waals surface area (Å²) in [6.45, 7) is 5.48. The van der Waals surface area contributed by atoms with Gasteiger partial charge in [-0.2, -0.15) is 0 Å². The maximum Gasteiger partial charge on any atom is 0.340 e. The minimum Gasteiger partial charge on any atom is -0.456 e. The van der Waals surface area contributed by atoms with Crippen molar-refractivity contribution in [2.75, 3.05) is 0 Å². The third kappa shape index (κ3) is 3.43. The van der Waals surface area contributed by atoms with E-state index in [9.17, 15) is 4.79 Å². The van der Waals surface area contributed by atoms with Crippen molar-refractivity contribution in [2.45, 2.75) is 26.4 Å². The van der Waals surface area contributed by atoms with E-state index >= 15 is 0 Å². The van der Waals surface area contributed by atoms with Crippen LogP contribution in [0.25, 0.3) is 0 Å². The van der Waals surface area contributed by atoms with Gasteiger partial charge >= 0.3 is 5.97 Å². The molecule has 0 unspecified atom stereocenters. The van der Waals surface area contributed by atoms with Crippen LogP contribution in [0.1, 0.15) is 20.8 Å². The minimum absolute atomic E-state index is 0.366. The van der Waals surface area contributed by atoms with Crippen molar-refractivity contribution in [2.24, 2.45) is 4.99 Å². The summed E-state index contributed by atoms with van der Waals surface area (Å²) in [7, 11) is 0. The number of rotatable bonds is 1. The molecule has 0 bridgehead atoms. The summed E-state index contributed by atoms with van der Waals surface area (Å²) in [5, 5.41) is 2.76. The van der Waals surface area contributed by atoms with Crippen LogP contribution in [0.3, 0.4) is 0 Å². The molecule has 0 atom stereocenters. The van der Waals surface area contributed by atoms with Gasteiger partial charge in [0.25, 0.3) is 0 Å². The molecule has 4 heteroatoms. The highest BCUT2D eigenvalue weighted by Crippen LogP contribution is 2.12. The number of carbonyl (C=O) groups is 1. The fourth-order valence-electron chi connectivity index (χ4n) is 0.842. The van der Waals surface area contributed by atoms with Crippen LogP contribution in [-0.4, -0.2) is 17.9 Å². The molecule has 0 amide bonds. The lowest BCUT2D eigenvalue weighted by Crippen LogP contribution is -2.24. The number of nitrogens with one attached hydrogen (secondary N) is 1. The van der Waals surface area contributed by atoms with Crippen molar-refractivity contribution < 1.29 is 9.53 Å². The Morgan fingerprint density at radius 3 is 2.86 bits per heavy atom. The average molecular weight is 194 g/mol. The van der Waals surface area contributed by atoms with Crippen LogP contribution in [0.5, 0.6) is 0 Å². The molecule has 0 aromatic carbocycles. The molecule has 0 saturated heterocycles. The number of esters is 1. The van der Waals surface area contributed by atoms with E-state index in [0.29, 0.717) is 5.57 Å². The van der Waals surface area contributed by atoms with Gasteiger partial charge in [-0.25, -0.2) is 9.79 Å². The Hall–Kier alpha value is -1.58. The highest BCUT2D eigenvalue weighted by Gasteiger charge is 2.18. The summed E-state index contributed by atoms with van der Waals surface area (Å²) in [6.07, 6.45) is 6.21. The summed E-state index contributed by atoms with van der Waals surface area (Å²) < 4.78 is 5.17. The van der Waals surface area contributed by atoms with E-state index in [0.717, 1.165) is 0 Å². The summed E-state index contributed by atoms with van der Waals surface area (Å²) in [4.78, 5) is 15.4. The predicted molar refractivity (Wildman–Crippen MR) is 54.7 cm³/mol. The minimum atomic E-state index is -0.477. The van der Waals surface area contributed by atoms with Gasteiger partial charge in [0.2, 0.25) is 0 Å². The summed E-state index contributed by atoms with van der Waals surface area (Å²) in [5.41, 5.74) is -0.0453. The molecular weight excluding hydrogens is 180 g/mol. The number of carbonyl (C=O) groups excluding carboxylic acids is 1. The van der Waals surface area contributed by atoms with Gasteiger partial charge in [-0.15, -0.1) is 0 Å². The lowest BCUT2D eigenvalue weighted by Gasteiger charge is -2.19. The third-order valence-electron chi connectivity index (χ3n) is 1.36. The van der Waals surface area contributed by atoms with Gasteiger partial charge in [0.1, 0.15) is 5.60 Å². The zero-order valence-electron chi connectivity index (χ0n) is 8.57. The van der Waals surface area contributed by atoms with E-state index in [4.69, 9.17) is 4.74 Å². The van der Waals surface area contributed by atoms with Gasteiger partial charge in [0.15, 0.2) is 0 Å². The molecule has 4 nitrogen and oxygen atoms in total. The van der Waals surface area contributed by atoms with Crippen molar-refractivity contribution in [1.29, 1.82) is 0 Å². The summed E-state index contributed by atoms with van der Waals surface area (Å²) in [6, 6.07) is 0. The largest absolute Gasteiger partial charge is 0.456 e. The quantitative estimate of drug-likeness (QED) is 0.641. The van der Waals surface area contributed by atoms with Crippen molar-refractivity contribution in [1.82, 2.24) is 5.32 Å². The van der Waals surface area contributed by atoms with Crippen molar-refractivity contribution in [3.05, 3.63) is 24.0 Å². The van der Waals surface area contributed by atoms with Gasteiger partial charge < -0.3 is 10.1 Å². The summed E-state index contributed by atoms with van der Waals surface area (Å²) in [5.74, 6) is -0.366. The molecule has 0 saturated carbocycles. The molecule has 14 heavy (non-hydrogen) atoms. The standard InChI is InChI=1S/C10H14N2O2/c1-10(2,3)14-9(13)8-4-5-11-7-12-6-8/h4-7H,1-3H3,(H,11,12). The summed E-state index contributed by atoms with van der Waals surface area (Å²) >= 11 is 0. The Bertz CT molecular complexity index is 309. The van der Waals surface area contributed by atoms with Gasteiger partial charge in [-0.3, -0.25) is 0 Å². The predicted octanol–water partition coefficient (Wildman–Crippen LogP) is 1.36. The van der Waals surface area contributed by atoms with Gasteiger partial charge in [-0.1, -0.05) is 0 Å². The first-order valence-electron chi connectivity index (χ1n) is 4.37. The molecule has 0 aliphatic carbocycles. The van der Waals surface area contributed by atoms with Crippen molar-refractivity contribution in [3.8, 4) is 0 Å². The maximum absolute atomic E-state index is 11.5. The van der Waals surface area contributed by atoms with E-state index in [-0.39, 0.29) is 5.97 Å². The van der Waals surface area contributed by atoms with E-state index in [1.54, 1.807) is 12.3 Å². The molecule has 1 N–H and O–H groups in total. The number of ether oxygens (including phenoxy) is 1. The number of hydrogen-bond acceptors (Lipinski definition) is 4. The van der Waals surface area contributed by atoms with Crippen molar-refractivity contribution >= 4 is 12.3 Å². The van der Waals surface area contributed by atoms with Crippen LogP contribution >= 0.6 is 0 Å². The number of nitrogens with zero attached hydrogens (tertiary/aromatic N) is 1. The number of hydrogen-bond donors (Lipinski definition) is 1. The molecule has 0 spiro atoms. The van der Waals surface area contributed by atoms with Crippen LogP contribution in [-0.2, 0) is 9.53 Å². The van der Waals surface area contributed by atoms with Gasteiger partial charge in [-0.05, 0) is 26.8 Å². The second-order valence-corrected chi connectivity index (χ2v) is 3.86. The van der Waals surface area contributed by atoms with E-state index < -0.39 is 5.60 Å². The molecule has 76 valence electrons. The van der Waals surface area contributed by atoms with E-state index in [2.05, 4.69) is 10.3 Å². The van der Waals surface area contributed by atoms with E-state index in [1.807, 2.05) is 20.8 Å². The fourth-order valence-corrected chi connectivity index (χ4v) is 0.842. The Morgan fingerprint density at radius 2 is 2.21 bits per heavy atom. The topological polar surface area (TPSA) is 50.7 Å². The molecule has 1 rings (SSSR count). The third-order valence-corrected chi connectivity index (χ3v) is 1.36. The highest BCUT2D eigenvalue weighted by molar-refractivity contribution is 5.92. The van der Waals surface area contributed by atoms with Gasteiger partial charge in [0, 0.05) is 12.4 Å². The van der Waals surface area contributed by atoms with Crippen molar-refractivity contribution in [3.63, 3.8) is 0 Å².